The van der Waals surface area contributed by atoms with Crippen molar-refractivity contribution in [2.24, 2.45) is 0 Å². The summed E-state index contributed by atoms with van der Waals surface area (Å²) in [6, 6.07) is 16.9. The zero-order valence-corrected chi connectivity index (χ0v) is 24.8. The molecule has 3 heterocycles. The lowest BCUT2D eigenvalue weighted by Gasteiger charge is -2.22. The van der Waals surface area contributed by atoms with Crippen LogP contribution in [0.3, 0.4) is 0 Å². The number of ketones is 1. The Morgan fingerprint density at radius 1 is 1.05 bits per heavy atom. The third-order valence-corrected chi connectivity index (χ3v) is 7.62. The SMILES string of the molecule is COC(=O)[C@@H]1CCCN1CCNC(=O)c1c[nH]c(-c2cc(Oc3ccc(CC(=O)Cc4cc(C)ccc4F)cc3)ccn2)c1. The van der Waals surface area contributed by atoms with Crippen molar-refractivity contribution >= 4 is 17.7 Å². The van der Waals surface area contributed by atoms with E-state index in [0.29, 0.717) is 47.1 Å². The van der Waals surface area contributed by atoms with E-state index in [-0.39, 0.29) is 42.4 Å². The van der Waals surface area contributed by atoms with Gasteiger partial charge in [-0.15, -0.1) is 0 Å². The monoisotopic (exact) mass is 598 g/mol. The number of carbonyl (C=O) groups excluding carboxylic acids is 3. The highest BCUT2D eigenvalue weighted by molar-refractivity contribution is 5.95. The second kappa shape index (κ2) is 14.1. The first-order valence-electron chi connectivity index (χ1n) is 14.6. The number of nitrogens with zero attached hydrogens (tertiary/aromatic N) is 2. The summed E-state index contributed by atoms with van der Waals surface area (Å²) < 4.78 is 24.9. The summed E-state index contributed by atoms with van der Waals surface area (Å²) in [5.74, 6) is 0.241. The van der Waals surface area contributed by atoms with Gasteiger partial charge in [-0.2, -0.15) is 0 Å². The van der Waals surface area contributed by atoms with E-state index >= 15 is 0 Å². The third kappa shape index (κ3) is 7.76. The van der Waals surface area contributed by atoms with Crippen LogP contribution >= 0.6 is 0 Å². The van der Waals surface area contributed by atoms with Gasteiger partial charge in [0.15, 0.2) is 0 Å². The minimum atomic E-state index is -0.368. The van der Waals surface area contributed by atoms with E-state index in [1.165, 1.54) is 13.2 Å². The van der Waals surface area contributed by atoms with Crippen molar-refractivity contribution in [1.29, 1.82) is 0 Å². The van der Waals surface area contributed by atoms with Crippen LogP contribution in [0.4, 0.5) is 4.39 Å². The molecule has 0 spiro atoms. The number of aryl methyl sites for hydroxylation is 1. The fourth-order valence-corrected chi connectivity index (χ4v) is 5.36. The van der Waals surface area contributed by atoms with E-state index in [2.05, 4.69) is 15.3 Å². The van der Waals surface area contributed by atoms with Crippen LogP contribution in [0.2, 0.25) is 0 Å². The molecule has 2 aromatic carbocycles. The number of likely N-dealkylation sites (tertiary alicyclic amines) is 1. The number of pyridine rings is 1. The van der Waals surface area contributed by atoms with Crippen LogP contribution in [0, 0.1) is 12.7 Å². The predicted molar refractivity (Wildman–Crippen MR) is 163 cm³/mol. The minimum absolute atomic E-state index is 0.0454. The Labute approximate surface area is 255 Å². The minimum Gasteiger partial charge on any atom is -0.468 e. The van der Waals surface area contributed by atoms with Crippen molar-refractivity contribution in [2.45, 2.75) is 38.6 Å². The van der Waals surface area contributed by atoms with Gasteiger partial charge in [0, 0.05) is 44.4 Å². The topological polar surface area (TPSA) is 114 Å². The summed E-state index contributed by atoms with van der Waals surface area (Å²) in [6.45, 7) is 3.64. The molecule has 0 aliphatic carbocycles. The average molecular weight is 599 g/mol. The van der Waals surface area contributed by atoms with Gasteiger partial charge in [0.1, 0.15) is 29.1 Å². The summed E-state index contributed by atoms with van der Waals surface area (Å²) >= 11 is 0. The predicted octanol–water partition coefficient (Wildman–Crippen LogP) is 5.04. The lowest BCUT2D eigenvalue weighted by atomic mass is 10.0. The van der Waals surface area contributed by atoms with Crippen molar-refractivity contribution in [3.05, 3.63) is 101 Å². The van der Waals surface area contributed by atoms with E-state index in [0.717, 1.165) is 30.5 Å². The maximum absolute atomic E-state index is 14.0. The Morgan fingerprint density at radius 2 is 1.86 bits per heavy atom. The number of H-pyrrole nitrogens is 1. The number of aromatic nitrogens is 2. The molecular formula is C34H35FN4O5. The van der Waals surface area contributed by atoms with Gasteiger partial charge >= 0.3 is 5.97 Å². The number of esters is 1. The molecule has 0 unspecified atom stereocenters. The van der Waals surface area contributed by atoms with Crippen LogP contribution in [-0.2, 0) is 27.2 Å². The molecule has 5 rings (SSSR count). The first-order valence-corrected chi connectivity index (χ1v) is 14.6. The normalized spacial score (nSPS) is 14.8. The van der Waals surface area contributed by atoms with Crippen LogP contribution in [0.25, 0.3) is 11.4 Å². The molecule has 1 saturated heterocycles. The number of amides is 1. The van der Waals surface area contributed by atoms with Gasteiger partial charge in [0.05, 0.1) is 24.1 Å². The Hall–Kier alpha value is -4.83. The van der Waals surface area contributed by atoms with E-state index < -0.39 is 0 Å². The second-order valence-corrected chi connectivity index (χ2v) is 10.9. The zero-order valence-electron chi connectivity index (χ0n) is 24.8. The molecule has 1 atom stereocenters. The number of aromatic amines is 1. The lowest BCUT2D eigenvalue weighted by Crippen LogP contribution is -2.41. The smallest absolute Gasteiger partial charge is 0.323 e. The number of carbonyl (C=O) groups is 3. The summed E-state index contributed by atoms with van der Waals surface area (Å²) in [5.41, 5.74) is 3.86. The number of rotatable bonds is 12. The quantitative estimate of drug-likeness (QED) is 0.220. The van der Waals surface area contributed by atoms with Gasteiger partial charge in [-0.3, -0.25) is 24.3 Å². The highest BCUT2D eigenvalue weighted by Gasteiger charge is 2.31. The first kappa shape index (κ1) is 30.6. The number of hydrogen-bond donors (Lipinski definition) is 2. The number of Topliss-reactive ketones (excluding diaryl/α,β-unsaturated/α-hetero) is 1. The third-order valence-electron chi connectivity index (χ3n) is 7.62. The number of hydrogen-bond acceptors (Lipinski definition) is 7. The lowest BCUT2D eigenvalue weighted by molar-refractivity contribution is -0.145. The largest absolute Gasteiger partial charge is 0.468 e. The highest BCUT2D eigenvalue weighted by atomic mass is 19.1. The van der Waals surface area contributed by atoms with E-state index in [9.17, 15) is 18.8 Å². The van der Waals surface area contributed by atoms with E-state index in [1.807, 2.05) is 24.0 Å². The highest BCUT2D eigenvalue weighted by Crippen LogP contribution is 2.26. The summed E-state index contributed by atoms with van der Waals surface area (Å²) in [5, 5.41) is 2.91. The van der Waals surface area contributed by atoms with Crippen LogP contribution in [0.5, 0.6) is 11.5 Å². The standard InChI is InChI=1S/C34H35FN4O5/c1-22-5-10-29(35)24(16-22)18-26(40)17-23-6-8-27(9-7-23)44-28-11-12-36-31(20-28)30-19-25(21-38-30)33(41)37-13-15-39-14-3-4-32(39)34(42)43-2/h5-12,16,19-21,32,38H,3-4,13-15,17-18H2,1-2H3,(H,37,41)/t32-/m0/s1. The van der Waals surface area contributed by atoms with E-state index in [4.69, 9.17) is 9.47 Å². The van der Waals surface area contributed by atoms with Gasteiger partial charge in [-0.05, 0) is 67.8 Å². The zero-order chi connectivity index (χ0) is 31.1. The van der Waals surface area contributed by atoms with Crippen LogP contribution < -0.4 is 10.1 Å². The van der Waals surface area contributed by atoms with Crippen molar-refractivity contribution in [3.8, 4) is 22.9 Å². The molecule has 0 saturated carbocycles. The summed E-state index contributed by atoms with van der Waals surface area (Å²) in [4.78, 5) is 46.7. The van der Waals surface area contributed by atoms with Crippen molar-refractivity contribution in [2.75, 3.05) is 26.7 Å². The molecule has 2 aromatic heterocycles. The number of nitrogens with one attached hydrogen (secondary N) is 2. The van der Waals surface area contributed by atoms with Gasteiger partial charge < -0.3 is 19.8 Å². The van der Waals surface area contributed by atoms with Crippen LogP contribution in [-0.4, -0.2) is 65.3 Å². The Kier molecular flexibility index (Phi) is 9.81. The second-order valence-electron chi connectivity index (χ2n) is 10.9. The number of benzene rings is 2. The molecule has 1 aliphatic heterocycles. The molecule has 2 N–H and O–H groups in total. The molecule has 1 fully saturated rings. The fraction of sp³-hybridized carbons (Fsp3) is 0.294. The number of methoxy groups -OCH3 is 1. The Morgan fingerprint density at radius 3 is 2.66 bits per heavy atom. The number of halogens is 1. The average Bonchev–Trinajstić information content (AvgIpc) is 3.70. The molecule has 0 radical (unpaired) electrons. The van der Waals surface area contributed by atoms with Gasteiger partial charge in [0.25, 0.3) is 5.91 Å². The summed E-state index contributed by atoms with van der Waals surface area (Å²) in [6.07, 6.45) is 5.18. The molecule has 44 heavy (non-hydrogen) atoms. The number of ether oxygens (including phenoxy) is 2. The molecule has 0 bridgehead atoms. The maximum atomic E-state index is 14.0. The molecule has 1 amide bonds. The molecular weight excluding hydrogens is 563 g/mol. The molecule has 228 valence electrons. The molecule has 4 aromatic rings. The van der Waals surface area contributed by atoms with Gasteiger partial charge in [-0.1, -0.05) is 29.8 Å². The van der Waals surface area contributed by atoms with Crippen molar-refractivity contribution in [1.82, 2.24) is 20.2 Å². The Balaban J connectivity index is 1.13. The van der Waals surface area contributed by atoms with Crippen molar-refractivity contribution < 1.29 is 28.2 Å². The van der Waals surface area contributed by atoms with E-state index in [1.54, 1.807) is 54.9 Å². The van der Waals surface area contributed by atoms with Crippen LogP contribution in [0.1, 0.15) is 39.9 Å². The van der Waals surface area contributed by atoms with Gasteiger partial charge in [-0.25, -0.2) is 4.39 Å². The fourth-order valence-electron chi connectivity index (χ4n) is 5.36. The molecule has 1 aliphatic rings. The maximum Gasteiger partial charge on any atom is 0.323 e. The summed E-state index contributed by atoms with van der Waals surface area (Å²) in [7, 11) is 1.39. The molecule has 10 heteroatoms. The van der Waals surface area contributed by atoms with Crippen molar-refractivity contribution in [3.63, 3.8) is 0 Å². The first-order chi connectivity index (χ1) is 21.3. The Bertz CT molecular complexity index is 1630. The van der Waals surface area contributed by atoms with Gasteiger partial charge in [0.2, 0.25) is 0 Å². The molecule has 9 nitrogen and oxygen atoms in total. The van der Waals surface area contributed by atoms with Crippen LogP contribution in [0.15, 0.2) is 73.1 Å².